The van der Waals surface area contributed by atoms with E-state index in [1.807, 2.05) is 0 Å². The monoisotopic (exact) mass is 488 g/mol. The lowest BCUT2D eigenvalue weighted by Gasteiger charge is -2.19. The molecule has 3 aromatic rings. The molecular weight excluding hydrogens is 469 g/mol. The number of ether oxygens (including phenoxy) is 1. The standard InChI is InChI=1S/C22H19F3N6O4/c1-9-6-28-14(10(2)16(9)35-3)8-31-18-15(17(22(23,24)25)29-21(26)30-18)13(19(31)32)5-12-4-11(7-27-12)20(33)34/h4-7,27H,8H2,1-3H3,(H,33,34)(H2,26,29,30)/b13-5+. The molecule has 1 aliphatic heterocycles. The van der Waals surface area contributed by atoms with Gasteiger partial charge in [-0.2, -0.15) is 18.2 Å². The fourth-order valence-electron chi connectivity index (χ4n) is 3.90. The van der Waals surface area contributed by atoms with E-state index in [1.165, 1.54) is 19.4 Å². The van der Waals surface area contributed by atoms with Gasteiger partial charge in [0.1, 0.15) is 11.6 Å². The van der Waals surface area contributed by atoms with Crippen molar-refractivity contribution in [3.05, 3.63) is 57.8 Å². The number of nitrogens with two attached hydrogens (primary N) is 1. The summed E-state index contributed by atoms with van der Waals surface area (Å²) in [5.41, 5.74) is 4.98. The summed E-state index contributed by atoms with van der Waals surface area (Å²) in [6.45, 7) is 3.28. The Morgan fingerprint density at radius 3 is 2.63 bits per heavy atom. The lowest BCUT2D eigenvalue weighted by Crippen LogP contribution is -2.27. The van der Waals surface area contributed by atoms with E-state index in [9.17, 15) is 22.8 Å². The van der Waals surface area contributed by atoms with Crippen LogP contribution in [0.1, 0.15) is 44.1 Å². The van der Waals surface area contributed by atoms with Crippen molar-refractivity contribution in [2.45, 2.75) is 26.6 Å². The number of methoxy groups -OCH3 is 1. The number of nitrogens with one attached hydrogen (secondary N) is 1. The number of H-pyrrole nitrogens is 1. The number of nitrogen functional groups attached to an aromatic ring is 1. The van der Waals surface area contributed by atoms with Gasteiger partial charge in [0.2, 0.25) is 5.95 Å². The molecule has 0 atom stereocenters. The first kappa shape index (κ1) is 23.7. The van der Waals surface area contributed by atoms with Gasteiger partial charge in [0, 0.05) is 29.2 Å². The van der Waals surface area contributed by atoms with Crippen molar-refractivity contribution in [1.82, 2.24) is 19.9 Å². The van der Waals surface area contributed by atoms with Crippen molar-refractivity contribution in [2.75, 3.05) is 17.7 Å². The van der Waals surface area contributed by atoms with Crippen molar-refractivity contribution in [1.29, 1.82) is 0 Å². The SMILES string of the molecule is COc1c(C)cnc(CN2C(=O)/C(=C/c3cc(C(=O)O)c[nH]3)c3c2nc(N)nc3C(F)(F)F)c1C. The zero-order chi connectivity index (χ0) is 25.7. The molecule has 0 saturated heterocycles. The second kappa shape index (κ2) is 8.42. The van der Waals surface area contributed by atoms with Crippen LogP contribution in [0.25, 0.3) is 11.6 Å². The molecule has 0 aromatic carbocycles. The molecule has 0 aliphatic carbocycles. The van der Waals surface area contributed by atoms with Gasteiger partial charge in [-0.1, -0.05) is 0 Å². The van der Waals surface area contributed by atoms with Crippen LogP contribution in [-0.2, 0) is 17.5 Å². The largest absolute Gasteiger partial charge is 0.496 e. The van der Waals surface area contributed by atoms with Gasteiger partial charge in [-0.25, -0.2) is 9.78 Å². The number of carboxylic acids is 1. The van der Waals surface area contributed by atoms with Gasteiger partial charge in [0.15, 0.2) is 5.69 Å². The maximum atomic E-state index is 13.9. The summed E-state index contributed by atoms with van der Waals surface area (Å²) in [6.07, 6.45) is -1.14. The number of carboxylic acid groups (broad SMARTS) is 1. The number of carbonyl (C=O) groups excluding carboxylic acids is 1. The summed E-state index contributed by atoms with van der Waals surface area (Å²) in [6, 6.07) is 1.19. The van der Waals surface area contributed by atoms with Crippen LogP contribution >= 0.6 is 0 Å². The Balaban J connectivity index is 1.90. The van der Waals surface area contributed by atoms with E-state index in [-0.39, 0.29) is 29.2 Å². The molecule has 0 spiro atoms. The molecule has 10 nitrogen and oxygen atoms in total. The highest BCUT2D eigenvalue weighted by Gasteiger charge is 2.45. The summed E-state index contributed by atoms with van der Waals surface area (Å²) in [5.74, 6) is -2.50. The molecule has 1 aliphatic rings. The normalized spacial score (nSPS) is 14.5. The smallest absolute Gasteiger partial charge is 0.434 e. The Kier molecular flexibility index (Phi) is 5.71. The number of amides is 1. The van der Waals surface area contributed by atoms with Crippen LogP contribution in [0.2, 0.25) is 0 Å². The number of aryl methyl sites for hydroxylation is 1. The van der Waals surface area contributed by atoms with Crippen LogP contribution in [0.5, 0.6) is 5.75 Å². The van der Waals surface area contributed by atoms with E-state index in [0.29, 0.717) is 17.0 Å². The van der Waals surface area contributed by atoms with E-state index < -0.39 is 35.3 Å². The van der Waals surface area contributed by atoms with Crippen LogP contribution in [0.3, 0.4) is 0 Å². The minimum atomic E-state index is -4.94. The van der Waals surface area contributed by atoms with Gasteiger partial charge in [-0.15, -0.1) is 0 Å². The van der Waals surface area contributed by atoms with Gasteiger partial charge in [0.05, 0.1) is 36.0 Å². The summed E-state index contributed by atoms with van der Waals surface area (Å²) in [4.78, 5) is 39.9. The van der Waals surface area contributed by atoms with Gasteiger partial charge in [0.25, 0.3) is 5.91 Å². The molecule has 0 radical (unpaired) electrons. The third-order valence-corrected chi connectivity index (χ3v) is 5.49. The maximum absolute atomic E-state index is 13.9. The number of halogens is 3. The molecule has 0 unspecified atom stereocenters. The number of rotatable bonds is 5. The Hall–Kier alpha value is -4.42. The maximum Gasteiger partial charge on any atom is 0.434 e. The molecule has 4 N–H and O–H groups in total. The first-order chi connectivity index (χ1) is 16.4. The number of aromatic amines is 1. The molecule has 1 amide bonds. The number of pyridine rings is 1. The third-order valence-electron chi connectivity index (χ3n) is 5.49. The summed E-state index contributed by atoms with van der Waals surface area (Å²) >= 11 is 0. The lowest BCUT2D eigenvalue weighted by atomic mass is 10.1. The second-order valence-corrected chi connectivity index (χ2v) is 7.77. The Labute approximate surface area is 196 Å². The molecule has 0 saturated carbocycles. The van der Waals surface area contributed by atoms with Crippen LogP contribution in [0.15, 0.2) is 18.5 Å². The molecule has 13 heteroatoms. The second-order valence-electron chi connectivity index (χ2n) is 7.77. The fraction of sp³-hybridized carbons (Fsp3) is 0.227. The summed E-state index contributed by atoms with van der Waals surface area (Å²) in [5, 5.41) is 9.13. The van der Waals surface area contributed by atoms with E-state index in [2.05, 4.69) is 19.9 Å². The number of aromatic carboxylic acids is 1. The first-order valence-electron chi connectivity index (χ1n) is 10.1. The average molecular weight is 488 g/mol. The van der Waals surface area contributed by atoms with Gasteiger partial charge in [-0.05, 0) is 26.0 Å². The van der Waals surface area contributed by atoms with Crippen LogP contribution in [0, 0.1) is 13.8 Å². The molecule has 3 aromatic heterocycles. The number of fused-ring (bicyclic) bond motifs is 1. The van der Waals surface area contributed by atoms with Crippen molar-refractivity contribution in [2.24, 2.45) is 0 Å². The number of hydrogen-bond acceptors (Lipinski definition) is 7. The predicted octanol–water partition coefficient (Wildman–Crippen LogP) is 3.21. The zero-order valence-corrected chi connectivity index (χ0v) is 18.7. The minimum Gasteiger partial charge on any atom is -0.496 e. The van der Waals surface area contributed by atoms with Crippen LogP contribution < -0.4 is 15.4 Å². The van der Waals surface area contributed by atoms with Crippen LogP contribution in [0.4, 0.5) is 24.9 Å². The number of carbonyl (C=O) groups is 2. The Morgan fingerprint density at radius 2 is 2.03 bits per heavy atom. The number of anilines is 2. The molecule has 182 valence electrons. The molecule has 4 rings (SSSR count). The highest BCUT2D eigenvalue weighted by Crippen LogP contribution is 2.44. The van der Waals surface area contributed by atoms with E-state index >= 15 is 0 Å². The molecule has 4 heterocycles. The number of hydrogen-bond donors (Lipinski definition) is 3. The average Bonchev–Trinajstić information content (AvgIpc) is 3.34. The molecule has 0 bridgehead atoms. The number of aromatic nitrogens is 4. The Morgan fingerprint density at radius 1 is 1.31 bits per heavy atom. The third kappa shape index (κ3) is 4.16. The van der Waals surface area contributed by atoms with Crippen molar-refractivity contribution < 1.29 is 32.6 Å². The van der Waals surface area contributed by atoms with E-state index in [4.69, 9.17) is 15.6 Å². The number of alkyl halides is 3. The zero-order valence-electron chi connectivity index (χ0n) is 18.7. The topological polar surface area (TPSA) is 147 Å². The molecule has 0 fully saturated rings. The molecular formula is C22H19F3N6O4. The van der Waals surface area contributed by atoms with E-state index in [0.717, 1.165) is 22.7 Å². The van der Waals surface area contributed by atoms with E-state index in [1.54, 1.807) is 13.8 Å². The highest BCUT2D eigenvalue weighted by atomic mass is 19.4. The van der Waals surface area contributed by atoms with Crippen molar-refractivity contribution >= 4 is 35.3 Å². The highest BCUT2D eigenvalue weighted by molar-refractivity contribution is 6.35. The lowest BCUT2D eigenvalue weighted by molar-refractivity contribution is -0.141. The Bertz CT molecular complexity index is 1400. The number of nitrogens with zero attached hydrogens (tertiary/aromatic N) is 4. The molecule has 35 heavy (non-hydrogen) atoms. The van der Waals surface area contributed by atoms with Crippen molar-refractivity contribution in [3.8, 4) is 5.75 Å². The van der Waals surface area contributed by atoms with Gasteiger partial charge in [-0.3, -0.25) is 14.7 Å². The predicted molar refractivity (Wildman–Crippen MR) is 119 cm³/mol. The van der Waals surface area contributed by atoms with Crippen molar-refractivity contribution in [3.63, 3.8) is 0 Å². The summed E-state index contributed by atoms with van der Waals surface area (Å²) < 4.78 is 47.1. The van der Waals surface area contributed by atoms with Gasteiger partial charge >= 0.3 is 12.1 Å². The first-order valence-corrected chi connectivity index (χ1v) is 10.1. The summed E-state index contributed by atoms with van der Waals surface area (Å²) in [7, 11) is 1.47. The van der Waals surface area contributed by atoms with Crippen LogP contribution in [-0.4, -0.2) is 44.0 Å². The fourth-order valence-corrected chi connectivity index (χ4v) is 3.90. The minimum absolute atomic E-state index is 0.106. The quantitative estimate of drug-likeness (QED) is 0.464. The van der Waals surface area contributed by atoms with Gasteiger partial charge < -0.3 is 20.6 Å².